The molecule has 0 radical (unpaired) electrons. The van der Waals surface area contributed by atoms with Gasteiger partial charge in [-0.1, -0.05) is 17.7 Å². The van der Waals surface area contributed by atoms with Crippen LogP contribution in [0.25, 0.3) is 22.0 Å². The van der Waals surface area contributed by atoms with Crippen LogP contribution >= 0.6 is 11.6 Å². The highest BCUT2D eigenvalue weighted by molar-refractivity contribution is 7.92. The third kappa shape index (κ3) is 6.00. The highest BCUT2D eigenvalue weighted by Crippen LogP contribution is 2.54. The van der Waals surface area contributed by atoms with Crippen LogP contribution in [0.5, 0.6) is 0 Å². The molecule has 2 aliphatic rings. The fourth-order valence-corrected chi connectivity index (χ4v) is 6.95. The van der Waals surface area contributed by atoms with Crippen LogP contribution in [0.15, 0.2) is 65.8 Å². The molecule has 1 aliphatic heterocycles. The first-order valence-electron chi connectivity index (χ1n) is 14.0. The van der Waals surface area contributed by atoms with Gasteiger partial charge in [0.25, 0.3) is 10.0 Å². The van der Waals surface area contributed by atoms with E-state index in [-0.39, 0.29) is 22.3 Å². The summed E-state index contributed by atoms with van der Waals surface area (Å²) in [7, 11) is -4.44. The summed E-state index contributed by atoms with van der Waals surface area (Å²) in [5.74, 6) is -2.13. The first kappa shape index (κ1) is 30.0. The number of sulfonamides is 1. The van der Waals surface area contributed by atoms with Crippen molar-refractivity contribution >= 4 is 50.0 Å². The zero-order valence-corrected chi connectivity index (χ0v) is 25.8. The van der Waals surface area contributed by atoms with E-state index >= 15 is 0 Å². The summed E-state index contributed by atoms with van der Waals surface area (Å²) >= 11 is 6.22. The number of fused-ring (bicyclic) bond motifs is 1. The molecule has 2 N–H and O–H groups in total. The molecular weight excluding hydrogens is 612 g/mol. The Bertz CT molecular complexity index is 1900. The smallest absolute Gasteiger partial charge is 0.407 e. The molecule has 4 aromatic rings. The van der Waals surface area contributed by atoms with Crippen molar-refractivity contribution in [2.75, 3.05) is 22.7 Å². The number of rotatable bonds is 6. The molecule has 2 aromatic heterocycles. The fraction of sp³-hybridized carbons (Fsp3) is 0.323. The second-order valence-corrected chi connectivity index (χ2v) is 14.3. The van der Waals surface area contributed by atoms with Gasteiger partial charge in [-0.3, -0.25) is 9.71 Å². The van der Waals surface area contributed by atoms with Crippen molar-refractivity contribution in [3.05, 3.63) is 77.7 Å². The van der Waals surface area contributed by atoms with Crippen molar-refractivity contribution in [3.8, 4) is 11.1 Å². The topological polar surface area (TPSA) is 114 Å². The molecule has 1 aliphatic carbocycles. The van der Waals surface area contributed by atoms with Gasteiger partial charge in [-0.05, 0) is 75.6 Å². The zero-order chi connectivity index (χ0) is 31.4. The molecule has 1 saturated heterocycles. The normalized spacial score (nSPS) is 17.6. The summed E-state index contributed by atoms with van der Waals surface area (Å²) in [6.45, 7) is 6.88. The van der Waals surface area contributed by atoms with Crippen LogP contribution in [0.4, 0.5) is 25.0 Å². The Hall–Kier alpha value is -4.03. The van der Waals surface area contributed by atoms with E-state index in [9.17, 15) is 22.0 Å². The van der Waals surface area contributed by atoms with Gasteiger partial charge in [-0.2, -0.15) is 0 Å². The minimum absolute atomic E-state index is 0.0136. The summed E-state index contributed by atoms with van der Waals surface area (Å²) in [5.41, 5.74) is 2.30. The number of aromatic nitrogens is 2. The first-order chi connectivity index (χ1) is 20.7. The number of carbonyl (C=O) groups excluding carboxylic acids is 1. The number of halogens is 3. The summed E-state index contributed by atoms with van der Waals surface area (Å²) in [6, 6.07) is 11.2. The third-order valence-electron chi connectivity index (χ3n) is 7.89. The van der Waals surface area contributed by atoms with Gasteiger partial charge in [0, 0.05) is 53.6 Å². The van der Waals surface area contributed by atoms with Gasteiger partial charge < -0.3 is 15.0 Å². The van der Waals surface area contributed by atoms with Crippen molar-refractivity contribution in [3.63, 3.8) is 0 Å². The van der Waals surface area contributed by atoms with Gasteiger partial charge in [-0.25, -0.2) is 27.0 Å². The third-order valence-corrected chi connectivity index (χ3v) is 9.59. The molecule has 6 rings (SSSR count). The largest absolute Gasteiger partial charge is 0.444 e. The highest BCUT2D eigenvalue weighted by Gasteiger charge is 2.56. The SMILES string of the molecule is CC(C)(C)OC(=O)NC1CN(c2ccnc3ccc(-c4cnc(Cl)c(NS(=O)(=O)c5ccc(F)cc5F)c4)cc23)CC12CC2. The van der Waals surface area contributed by atoms with E-state index in [1.54, 1.807) is 6.20 Å². The van der Waals surface area contributed by atoms with Crippen molar-refractivity contribution in [1.82, 2.24) is 15.3 Å². The zero-order valence-electron chi connectivity index (χ0n) is 24.2. The van der Waals surface area contributed by atoms with E-state index in [4.69, 9.17) is 16.3 Å². The molecule has 3 heterocycles. The maximum absolute atomic E-state index is 14.3. The highest BCUT2D eigenvalue weighted by atomic mass is 35.5. The van der Waals surface area contributed by atoms with Gasteiger partial charge in [0.15, 0.2) is 5.15 Å². The van der Waals surface area contributed by atoms with Crippen molar-refractivity contribution < 1.29 is 26.7 Å². The molecule has 9 nitrogen and oxygen atoms in total. The predicted molar refractivity (Wildman–Crippen MR) is 164 cm³/mol. The second-order valence-electron chi connectivity index (χ2n) is 12.2. The summed E-state index contributed by atoms with van der Waals surface area (Å²) < 4.78 is 61.2. The molecule has 0 bridgehead atoms. The van der Waals surface area contributed by atoms with Crippen molar-refractivity contribution in [1.29, 1.82) is 0 Å². The number of hydrogen-bond donors (Lipinski definition) is 2. The van der Waals surface area contributed by atoms with E-state index in [1.807, 2.05) is 45.0 Å². The number of alkyl carbamates (subject to hydrolysis) is 1. The van der Waals surface area contributed by atoms with E-state index in [0.29, 0.717) is 23.7 Å². The molecule has 1 unspecified atom stereocenters. The fourth-order valence-electron chi connectivity index (χ4n) is 5.63. The molecule has 44 heavy (non-hydrogen) atoms. The number of nitrogens with one attached hydrogen (secondary N) is 2. The van der Waals surface area contributed by atoms with Crippen LogP contribution in [0.3, 0.4) is 0 Å². The van der Waals surface area contributed by atoms with Crippen molar-refractivity contribution in [2.24, 2.45) is 5.41 Å². The van der Waals surface area contributed by atoms with Gasteiger partial charge in [0.05, 0.1) is 17.2 Å². The average molecular weight is 642 g/mol. The lowest BCUT2D eigenvalue weighted by atomic mass is 10.0. The minimum Gasteiger partial charge on any atom is -0.444 e. The molecule has 1 saturated carbocycles. The Morgan fingerprint density at radius 3 is 2.55 bits per heavy atom. The number of benzene rings is 2. The monoisotopic (exact) mass is 641 g/mol. The van der Waals surface area contributed by atoms with Crippen LogP contribution < -0.4 is 14.9 Å². The Morgan fingerprint density at radius 2 is 1.84 bits per heavy atom. The average Bonchev–Trinajstić information content (AvgIpc) is 3.63. The summed E-state index contributed by atoms with van der Waals surface area (Å²) in [4.78, 5) is 22.8. The van der Waals surface area contributed by atoms with Crippen LogP contribution in [-0.2, 0) is 14.8 Å². The lowest BCUT2D eigenvalue weighted by molar-refractivity contribution is 0.0493. The van der Waals surface area contributed by atoms with Crippen molar-refractivity contribution in [2.45, 2.75) is 50.2 Å². The molecule has 2 aromatic carbocycles. The van der Waals surface area contributed by atoms with E-state index in [0.717, 1.165) is 48.1 Å². The second kappa shape index (κ2) is 10.8. The predicted octanol–water partition coefficient (Wildman–Crippen LogP) is 6.52. The molecule has 1 amide bonds. The van der Waals surface area contributed by atoms with Gasteiger partial charge in [0.2, 0.25) is 0 Å². The maximum Gasteiger partial charge on any atom is 0.407 e. The quantitative estimate of drug-likeness (QED) is 0.230. The number of nitrogens with zero attached hydrogens (tertiary/aromatic N) is 3. The lowest BCUT2D eigenvalue weighted by Crippen LogP contribution is -2.44. The number of carbonyl (C=O) groups is 1. The standard InChI is InChI=1S/C31H30ClF2N5O4S/c1-30(2,3)43-29(40)37-27-16-39(17-31(27)9-10-31)25-8-11-35-23-6-4-18(12-21(23)25)19-13-24(28(32)36-15-19)38-44(41,42)26-7-5-20(33)14-22(26)34/h4-8,11-15,27,38H,9-10,16-17H2,1-3H3,(H,37,40). The Labute approximate surface area is 258 Å². The number of amides is 1. The van der Waals surface area contributed by atoms with E-state index in [2.05, 4.69) is 24.9 Å². The van der Waals surface area contributed by atoms with Gasteiger partial charge >= 0.3 is 6.09 Å². The Morgan fingerprint density at radius 1 is 1.07 bits per heavy atom. The lowest BCUT2D eigenvalue weighted by Gasteiger charge is -2.24. The molecule has 1 spiro atoms. The molecular formula is C31H30ClF2N5O4S. The van der Waals surface area contributed by atoms with Crippen LogP contribution in [0, 0.1) is 17.0 Å². The summed E-state index contributed by atoms with van der Waals surface area (Å²) in [5, 5.41) is 3.81. The molecule has 13 heteroatoms. The minimum atomic E-state index is -4.44. The maximum atomic E-state index is 14.3. The number of pyridine rings is 2. The van der Waals surface area contributed by atoms with E-state index in [1.165, 1.54) is 12.3 Å². The van der Waals surface area contributed by atoms with Crippen LogP contribution in [0.2, 0.25) is 5.15 Å². The Kier molecular flexibility index (Phi) is 7.40. The summed E-state index contributed by atoms with van der Waals surface area (Å²) in [6.07, 6.45) is 4.84. The van der Waals surface area contributed by atoms with Gasteiger partial charge in [-0.15, -0.1) is 0 Å². The van der Waals surface area contributed by atoms with Crippen LogP contribution in [-0.4, -0.2) is 49.2 Å². The van der Waals surface area contributed by atoms with Crippen LogP contribution in [0.1, 0.15) is 33.6 Å². The molecule has 2 fully saturated rings. The van der Waals surface area contributed by atoms with E-state index < -0.39 is 38.2 Å². The number of anilines is 2. The molecule has 1 atom stereocenters. The number of ether oxygens (including phenoxy) is 1. The first-order valence-corrected chi connectivity index (χ1v) is 15.9. The Balaban J connectivity index is 1.29. The number of hydrogen-bond acceptors (Lipinski definition) is 7. The van der Waals surface area contributed by atoms with Gasteiger partial charge in [0.1, 0.15) is 22.1 Å². The molecule has 230 valence electrons.